The van der Waals surface area contributed by atoms with Crippen molar-refractivity contribution in [1.29, 1.82) is 0 Å². The molecule has 41 heavy (non-hydrogen) atoms. The van der Waals surface area contributed by atoms with Gasteiger partial charge in [-0.05, 0) is 49.8 Å². The lowest BCUT2D eigenvalue weighted by atomic mass is 9.95. The summed E-state index contributed by atoms with van der Waals surface area (Å²) >= 11 is 1.61. The Bertz CT molecular complexity index is 1200. The van der Waals surface area contributed by atoms with Crippen LogP contribution in [0, 0.1) is 5.92 Å². The molecule has 0 unspecified atom stereocenters. The number of thiazole rings is 1. The van der Waals surface area contributed by atoms with Crippen molar-refractivity contribution in [1.82, 2.24) is 25.8 Å². The maximum atomic E-state index is 13.6. The highest BCUT2D eigenvalue weighted by Crippen LogP contribution is 2.20. The maximum Gasteiger partial charge on any atom is 0.318 e. The molecule has 0 saturated carbocycles. The highest BCUT2D eigenvalue weighted by atomic mass is 32.1. The minimum Gasteiger partial charge on any atom is -0.351 e. The zero-order valence-corrected chi connectivity index (χ0v) is 26.2. The van der Waals surface area contributed by atoms with E-state index in [9.17, 15) is 9.59 Å². The first kappa shape index (κ1) is 32.3. The summed E-state index contributed by atoms with van der Waals surface area (Å²) in [5.41, 5.74) is 3.33. The molecule has 0 fully saturated rings. The van der Waals surface area contributed by atoms with Crippen LogP contribution in [0.15, 0.2) is 66.0 Å². The maximum absolute atomic E-state index is 13.6. The van der Waals surface area contributed by atoms with E-state index in [4.69, 9.17) is 0 Å². The first-order valence-electron chi connectivity index (χ1n) is 14.7. The second-order valence-corrected chi connectivity index (χ2v) is 12.4. The molecule has 3 rings (SSSR count). The molecule has 1 heterocycles. The van der Waals surface area contributed by atoms with E-state index >= 15 is 0 Å². The molecular formula is C33H47N5O2S. The Kier molecular flexibility index (Phi) is 12.8. The lowest BCUT2D eigenvalue weighted by molar-refractivity contribution is -0.124. The molecule has 3 N–H and O–H groups in total. The van der Waals surface area contributed by atoms with Crippen LogP contribution in [0.25, 0.3) is 0 Å². The van der Waals surface area contributed by atoms with Crippen LogP contribution in [0.5, 0.6) is 0 Å². The zero-order chi connectivity index (χ0) is 29.8. The predicted octanol–water partition coefficient (Wildman–Crippen LogP) is 5.77. The molecule has 0 aliphatic rings. The highest BCUT2D eigenvalue weighted by Gasteiger charge is 2.28. The van der Waals surface area contributed by atoms with Crippen LogP contribution in [0.2, 0.25) is 0 Å². The van der Waals surface area contributed by atoms with Crippen molar-refractivity contribution in [3.05, 3.63) is 87.9 Å². The van der Waals surface area contributed by atoms with Gasteiger partial charge in [0.05, 0.1) is 17.2 Å². The standard InChI is InChI=1S/C33H47N5O2S/c1-23(2)30(37-33(40)38(6)21-29-22-41-32(36-29)24(3)4)31(39)35-28(20-26-15-11-8-12-16-26)18-17-27(34-5)19-25-13-9-7-10-14-25/h7-16,22-24,27-28,30,34H,17-21H2,1-6H3,(H,35,39)(H,37,40)/t27-,28-,30+/m1/s1. The van der Waals surface area contributed by atoms with Gasteiger partial charge in [-0.15, -0.1) is 11.3 Å². The second-order valence-electron chi connectivity index (χ2n) is 11.5. The SMILES string of the molecule is CN[C@H](CC[C@H](Cc1ccccc1)NC(=O)[C@@H](NC(=O)N(C)Cc1csc(C(C)C)n1)C(C)C)Cc1ccccc1. The van der Waals surface area contributed by atoms with Crippen LogP contribution in [0.3, 0.4) is 0 Å². The predicted molar refractivity (Wildman–Crippen MR) is 169 cm³/mol. The van der Waals surface area contributed by atoms with Crippen LogP contribution in [0.1, 0.15) is 68.3 Å². The molecule has 2 aromatic carbocycles. The third-order valence-electron chi connectivity index (χ3n) is 7.31. The van der Waals surface area contributed by atoms with Crippen molar-refractivity contribution in [3.63, 3.8) is 0 Å². The molecule has 222 valence electrons. The van der Waals surface area contributed by atoms with Crippen molar-refractivity contribution in [2.24, 2.45) is 5.92 Å². The Morgan fingerprint density at radius 3 is 1.93 bits per heavy atom. The van der Waals surface area contributed by atoms with Crippen molar-refractivity contribution in [2.45, 2.75) is 84.0 Å². The summed E-state index contributed by atoms with van der Waals surface area (Å²) in [6.07, 6.45) is 3.39. The fourth-order valence-electron chi connectivity index (χ4n) is 4.82. The summed E-state index contributed by atoms with van der Waals surface area (Å²) in [6, 6.07) is 20.0. The molecule has 8 heteroatoms. The third kappa shape index (κ3) is 10.6. The monoisotopic (exact) mass is 577 g/mol. The number of urea groups is 1. The van der Waals surface area contributed by atoms with Crippen molar-refractivity contribution in [3.8, 4) is 0 Å². The fraction of sp³-hybridized carbons (Fsp3) is 0.485. The number of nitrogens with one attached hydrogen (secondary N) is 3. The average Bonchev–Trinajstić information content (AvgIpc) is 3.43. The largest absolute Gasteiger partial charge is 0.351 e. The normalized spacial score (nSPS) is 13.6. The van der Waals surface area contributed by atoms with Gasteiger partial charge in [0, 0.05) is 30.4 Å². The van der Waals surface area contributed by atoms with Gasteiger partial charge in [-0.2, -0.15) is 0 Å². The number of carbonyl (C=O) groups excluding carboxylic acids is 2. The van der Waals surface area contributed by atoms with E-state index in [1.54, 1.807) is 23.3 Å². The lowest BCUT2D eigenvalue weighted by Crippen LogP contribution is -2.54. The molecule has 0 aliphatic heterocycles. The van der Waals surface area contributed by atoms with Crippen molar-refractivity contribution >= 4 is 23.3 Å². The third-order valence-corrected chi connectivity index (χ3v) is 8.50. The smallest absolute Gasteiger partial charge is 0.318 e. The van der Waals surface area contributed by atoms with Crippen LogP contribution in [0.4, 0.5) is 4.79 Å². The Labute approximate surface area is 250 Å². The van der Waals surface area contributed by atoms with Crippen molar-refractivity contribution < 1.29 is 9.59 Å². The quantitative estimate of drug-likeness (QED) is 0.214. The van der Waals surface area contributed by atoms with E-state index in [2.05, 4.69) is 71.2 Å². The Balaban J connectivity index is 1.65. The summed E-state index contributed by atoms with van der Waals surface area (Å²) in [6.45, 7) is 8.53. The number of carbonyl (C=O) groups is 2. The van der Waals surface area contributed by atoms with Gasteiger partial charge in [0.1, 0.15) is 6.04 Å². The number of amides is 3. The van der Waals surface area contributed by atoms with E-state index < -0.39 is 6.04 Å². The fourth-order valence-corrected chi connectivity index (χ4v) is 5.64. The number of likely N-dealkylation sites (N-methyl/N-ethyl adjacent to an activating group) is 1. The van der Waals surface area contributed by atoms with Gasteiger partial charge in [-0.1, -0.05) is 88.4 Å². The zero-order valence-electron chi connectivity index (χ0n) is 25.4. The van der Waals surface area contributed by atoms with E-state index in [1.165, 1.54) is 11.1 Å². The minimum atomic E-state index is -0.644. The molecule has 0 radical (unpaired) electrons. The Hall–Kier alpha value is -3.23. The molecule has 0 spiro atoms. The Morgan fingerprint density at radius 2 is 1.41 bits per heavy atom. The summed E-state index contributed by atoms with van der Waals surface area (Å²) in [4.78, 5) is 33.0. The van der Waals surface area contributed by atoms with E-state index in [1.807, 2.05) is 50.5 Å². The molecule has 1 aromatic heterocycles. The van der Waals surface area contributed by atoms with Crippen molar-refractivity contribution in [2.75, 3.05) is 14.1 Å². The molecular weight excluding hydrogens is 530 g/mol. The van der Waals surface area contributed by atoms with Crippen LogP contribution < -0.4 is 16.0 Å². The summed E-state index contributed by atoms with van der Waals surface area (Å²) < 4.78 is 0. The number of benzene rings is 2. The molecule has 0 saturated heterocycles. The topological polar surface area (TPSA) is 86.4 Å². The molecule has 7 nitrogen and oxygen atoms in total. The number of nitrogens with zero attached hydrogens (tertiary/aromatic N) is 2. The molecule has 0 bridgehead atoms. The summed E-state index contributed by atoms with van der Waals surface area (Å²) in [5.74, 6) is 0.134. The van der Waals surface area contributed by atoms with Crippen LogP contribution in [-0.2, 0) is 24.2 Å². The lowest BCUT2D eigenvalue weighted by Gasteiger charge is -2.28. The molecule has 3 amide bonds. The minimum absolute atomic E-state index is 0.0585. The molecule has 3 atom stereocenters. The molecule has 3 aromatic rings. The van der Waals surface area contributed by atoms with Gasteiger partial charge in [-0.25, -0.2) is 9.78 Å². The average molecular weight is 578 g/mol. The van der Waals surface area contributed by atoms with Crippen LogP contribution >= 0.6 is 11.3 Å². The van der Waals surface area contributed by atoms with E-state index in [0.717, 1.165) is 36.4 Å². The summed E-state index contributed by atoms with van der Waals surface area (Å²) in [5, 5.41) is 12.8. The van der Waals surface area contributed by atoms with E-state index in [-0.39, 0.29) is 23.9 Å². The first-order chi connectivity index (χ1) is 19.7. The van der Waals surface area contributed by atoms with Gasteiger partial charge < -0.3 is 20.9 Å². The van der Waals surface area contributed by atoms with Gasteiger partial charge in [0.15, 0.2) is 0 Å². The number of aromatic nitrogens is 1. The van der Waals surface area contributed by atoms with Gasteiger partial charge in [-0.3, -0.25) is 4.79 Å². The van der Waals surface area contributed by atoms with E-state index in [0.29, 0.717) is 18.5 Å². The van der Waals surface area contributed by atoms with Gasteiger partial charge in [0.2, 0.25) is 5.91 Å². The van der Waals surface area contributed by atoms with Crippen LogP contribution in [-0.4, -0.2) is 54.0 Å². The number of hydrogen-bond acceptors (Lipinski definition) is 5. The number of rotatable bonds is 15. The van der Waals surface area contributed by atoms with Gasteiger partial charge in [0.25, 0.3) is 0 Å². The second kappa shape index (κ2) is 16.3. The molecule has 0 aliphatic carbocycles. The first-order valence-corrected chi connectivity index (χ1v) is 15.6. The summed E-state index contributed by atoms with van der Waals surface area (Å²) in [7, 11) is 3.73. The Morgan fingerprint density at radius 1 is 0.854 bits per heavy atom. The number of hydrogen-bond donors (Lipinski definition) is 3. The highest BCUT2D eigenvalue weighted by molar-refractivity contribution is 7.09. The van der Waals surface area contributed by atoms with Gasteiger partial charge >= 0.3 is 6.03 Å².